The maximum Gasteiger partial charge on any atom is 0.233 e. The van der Waals surface area contributed by atoms with Gasteiger partial charge in [0.15, 0.2) is 0 Å². The average molecular weight is 430 g/mol. The predicted octanol–water partition coefficient (Wildman–Crippen LogP) is 1.76. The Morgan fingerprint density at radius 2 is 1.83 bits per heavy atom. The second-order valence-corrected chi connectivity index (χ2v) is 8.17. The molecule has 0 spiro atoms. The van der Waals surface area contributed by atoms with Gasteiger partial charge in [-0.3, -0.25) is 4.79 Å². The van der Waals surface area contributed by atoms with Gasteiger partial charge in [-0.2, -0.15) is 0 Å². The Balaban J connectivity index is 1.31. The van der Waals surface area contributed by atoms with Gasteiger partial charge in [-0.25, -0.2) is 9.97 Å². The van der Waals surface area contributed by atoms with Crippen molar-refractivity contribution in [1.29, 1.82) is 0 Å². The van der Waals surface area contributed by atoms with Gasteiger partial charge >= 0.3 is 0 Å². The van der Waals surface area contributed by atoms with Gasteiger partial charge in [-0.15, -0.1) is 0 Å². The molecule has 0 atom stereocenters. The van der Waals surface area contributed by atoms with Crippen LogP contribution in [-0.4, -0.2) is 86.1 Å². The molecule has 30 heavy (non-hydrogen) atoms. The van der Waals surface area contributed by atoms with Crippen LogP contribution in [0.4, 0.5) is 11.5 Å². The molecule has 3 heterocycles. The largest absolute Gasteiger partial charge is 0.497 e. The lowest BCUT2D eigenvalue weighted by Crippen LogP contribution is -2.46. The van der Waals surface area contributed by atoms with Crippen molar-refractivity contribution in [3.63, 3.8) is 0 Å². The summed E-state index contributed by atoms with van der Waals surface area (Å²) in [6, 6.07) is 10.2. The van der Waals surface area contributed by atoms with Gasteiger partial charge in [0, 0.05) is 57.1 Å². The summed E-state index contributed by atoms with van der Waals surface area (Å²) in [5, 5.41) is 0.830. The number of carbonyl (C=O) groups is 1. The number of benzene rings is 1. The van der Waals surface area contributed by atoms with Crippen molar-refractivity contribution in [2.45, 2.75) is 5.03 Å². The first-order chi connectivity index (χ1) is 14.7. The first-order valence-electron chi connectivity index (χ1n) is 10.2. The molecule has 0 unspecified atom stereocenters. The fraction of sp³-hybridized carbons (Fsp3) is 0.476. The lowest BCUT2D eigenvalue weighted by molar-refractivity contribution is -0.132. The molecule has 0 saturated carbocycles. The van der Waals surface area contributed by atoms with E-state index in [0.29, 0.717) is 32.1 Å². The molecule has 2 saturated heterocycles. The van der Waals surface area contributed by atoms with Gasteiger partial charge in [-0.1, -0.05) is 17.8 Å². The van der Waals surface area contributed by atoms with Crippen LogP contribution in [0.1, 0.15) is 0 Å². The van der Waals surface area contributed by atoms with Crippen LogP contribution in [0.15, 0.2) is 41.7 Å². The van der Waals surface area contributed by atoms with Crippen molar-refractivity contribution < 1.29 is 14.3 Å². The number of thioether (sulfide) groups is 1. The number of anilines is 2. The van der Waals surface area contributed by atoms with E-state index >= 15 is 0 Å². The quantitative estimate of drug-likeness (QED) is 0.508. The summed E-state index contributed by atoms with van der Waals surface area (Å²) < 4.78 is 10.6. The summed E-state index contributed by atoms with van der Waals surface area (Å²) >= 11 is 1.47. The lowest BCUT2D eigenvalue weighted by atomic mass is 10.2. The smallest absolute Gasteiger partial charge is 0.233 e. The zero-order valence-corrected chi connectivity index (χ0v) is 18.0. The number of piperazine rings is 1. The Hall–Kier alpha value is -2.52. The number of nitrogens with zero attached hydrogens (tertiary/aromatic N) is 5. The fourth-order valence-electron chi connectivity index (χ4n) is 3.62. The number of carbonyl (C=O) groups excluding carboxylic acids is 1. The minimum absolute atomic E-state index is 0.135. The van der Waals surface area contributed by atoms with Gasteiger partial charge < -0.3 is 24.2 Å². The standard InChI is InChI=1S/C21H27N5O3S/c1-28-18-4-2-3-17(13-18)24-5-7-25(8-6-24)19-14-20(23-16-22-19)30-15-21(27)26-9-11-29-12-10-26/h2-4,13-14,16H,5-12,15H2,1H3. The summed E-state index contributed by atoms with van der Waals surface area (Å²) in [5.41, 5.74) is 1.18. The molecule has 1 aromatic carbocycles. The maximum atomic E-state index is 12.4. The van der Waals surface area contributed by atoms with Crippen LogP contribution in [0.2, 0.25) is 0 Å². The molecule has 2 aliphatic rings. The monoisotopic (exact) mass is 429 g/mol. The summed E-state index contributed by atoms with van der Waals surface area (Å²) in [7, 11) is 1.69. The molecule has 2 aromatic rings. The molecular weight excluding hydrogens is 402 g/mol. The van der Waals surface area contributed by atoms with E-state index in [2.05, 4.69) is 31.9 Å². The second-order valence-electron chi connectivity index (χ2n) is 7.17. The minimum atomic E-state index is 0.135. The van der Waals surface area contributed by atoms with Crippen LogP contribution in [0.5, 0.6) is 5.75 Å². The van der Waals surface area contributed by atoms with Gasteiger partial charge in [-0.05, 0) is 12.1 Å². The zero-order valence-electron chi connectivity index (χ0n) is 17.2. The Morgan fingerprint density at radius 1 is 1.07 bits per heavy atom. The van der Waals surface area contributed by atoms with Gasteiger partial charge in [0.2, 0.25) is 5.91 Å². The summed E-state index contributed by atoms with van der Waals surface area (Å²) in [6.07, 6.45) is 1.59. The van der Waals surface area contributed by atoms with Crippen LogP contribution in [-0.2, 0) is 9.53 Å². The molecule has 1 aromatic heterocycles. The van der Waals surface area contributed by atoms with Crippen LogP contribution in [0.3, 0.4) is 0 Å². The Labute approximate surface area is 181 Å². The number of morpholine rings is 1. The van der Waals surface area contributed by atoms with Gasteiger partial charge in [0.1, 0.15) is 22.9 Å². The fourth-order valence-corrected chi connectivity index (χ4v) is 4.39. The highest BCUT2D eigenvalue weighted by Gasteiger charge is 2.20. The molecule has 2 aliphatic heterocycles. The van der Waals surface area contributed by atoms with Crippen LogP contribution in [0.25, 0.3) is 0 Å². The van der Waals surface area contributed by atoms with Crippen molar-refractivity contribution in [2.24, 2.45) is 0 Å². The molecule has 160 valence electrons. The summed E-state index contributed by atoms with van der Waals surface area (Å²) in [4.78, 5) is 27.6. The second kappa shape index (κ2) is 9.99. The molecule has 8 nitrogen and oxygen atoms in total. The molecule has 0 bridgehead atoms. The SMILES string of the molecule is COc1cccc(N2CCN(c3cc(SCC(=O)N4CCOCC4)ncn3)CC2)c1. The number of amides is 1. The molecule has 0 radical (unpaired) electrons. The predicted molar refractivity (Wildman–Crippen MR) is 118 cm³/mol. The van der Waals surface area contributed by atoms with Crippen molar-refractivity contribution in [1.82, 2.24) is 14.9 Å². The molecule has 0 aliphatic carbocycles. The summed E-state index contributed by atoms with van der Waals surface area (Å²) in [6.45, 7) is 6.17. The van der Waals surface area contributed by atoms with E-state index in [1.54, 1.807) is 13.4 Å². The van der Waals surface area contributed by atoms with E-state index in [0.717, 1.165) is 42.8 Å². The third-order valence-corrected chi connectivity index (χ3v) is 6.27. The van der Waals surface area contributed by atoms with Gasteiger partial charge in [0.05, 0.1) is 26.1 Å². The lowest BCUT2D eigenvalue weighted by Gasteiger charge is -2.36. The first kappa shape index (κ1) is 20.7. The third-order valence-electron chi connectivity index (χ3n) is 5.36. The molecular formula is C21H27N5O3S. The van der Waals surface area contributed by atoms with Crippen molar-refractivity contribution >= 4 is 29.2 Å². The number of rotatable bonds is 6. The van der Waals surface area contributed by atoms with E-state index in [9.17, 15) is 4.79 Å². The maximum absolute atomic E-state index is 12.4. The Bertz CT molecular complexity index is 854. The molecule has 2 fully saturated rings. The zero-order chi connectivity index (χ0) is 20.8. The van der Waals surface area contributed by atoms with E-state index in [1.165, 1.54) is 17.4 Å². The number of methoxy groups -OCH3 is 1. The number of hydrogen-bond donors (Lipinski definition) is 0. The Kier molecular flexibility index (Phi) is 6.91. The normalized spacial score (nSPS) is 17.2. The van der Waals surface area contributed by atoms with E-state index < -0.39 is 0 Å². The van der Waals surface area contributed by atoms with E-state index in [-0.39, 0.29) is 5.91 Å². The highest BCUT2D eigenvalue weighted by Crippen LogP contribution is 2.25. The molecule has 9 heteroatoms. The van der Waals surface area contributed by atoms with Crippen molar-refractivity contribution in [3.8, 4) is 5.75 Å². The van der Waals surface area contributed by atoms with Crippen molar-refractivity contribution in [3.05, 3.63) is 36.7 Å². The van der Waals surface area contributed by atoms with Crippen LogP contribution in [0, 0.1) is 0 Å². The first-order valence-corrected chi connectivity index (χ1v) is 11.2. The average Bonchev–Trinajstić information content (AvgIpc) is 2.83. The van der Waals surface area contributed by atoms with Gasteiger partial charge in [0.25, 0.3) is 0 Å². The third kappa shape index (κ3) is 5.14. The molecule has 0 N–H and O–H groups in total. The Morgan fingerprint density at radius 3 is 2.60 bits per heavy atom. The van der Waals surface area contributed by atoms with Crippen LogP contribution >= 0.6 is 11.8 Å². The van der Waals surface area contributed by atoms with Crippen LogP contribution < -0.4 is 14.5 Å². The van der Waals surface area contributed by atoms with E-state index in [1.807, 2.05) is 23.1 Å². The number of hydrogen-bond acceptors (Lipinski definition) is 8. The number of ether oxygens (including phenoxy) is 2. The number of aromatic nitrogens is 2. The summed E-state index contributed by atoms with van der Waals surface area (Å²) in [5.74, 6) is 2.31. The topological polar surface area (TPSA) is 71.0 Å². The molecule has 1 amide bonds. The minimum Gasteiger partial charge on any atom is -0.497 e. The highest BCUT2D eigenvalue weighted by atomic mass is 32.2. The molecule has 4 rings (SSSR count). The highest BCUT2D eigenvalue weighted by molar-refractivity contribution is 7.99. The van der Waals surface area contributed by atoms with E-state index in [4.69, 9.17) is 9.47 Å². The van der Waals surface area contributed by atoms with Crippen molar-refractivity contribution in [2.75, 3.05) is 75.1 Å².